The van der Waals surface area contributed by atoms with Gasteiger partial charge < -0.3 is 10.1 Å². The fourth-order valence-corrected chi connectivity index (χ4v) is 1.85. The van der Waals surface area contributed by atoms with E-state index in [1.807, 2.05) is 13.0 Å². The summed E-state index contributed by atoms with van der Waals surface area (Å²) in [5.41, 5.74) is -0.611. The molecule has 0 fully saturated rings. The number of nitrogens with one attached hydrogen (secondary N) is 1. The lowest BCUT2D eigenvalue weighted by Gasteiger charge is -2.26. The van der Waals surface area contributed by atoms with Gasteiger partial charge in [0, 0.05) is 11.3 Å². The quantitative estimate of drug-likeness (QED) is 0.466. The molecule has 0 aromatic heterocycles. The lowest BCUT2D eigenvalue weighted by atomic mass is 9.90. The molecule has 18 heavy (non-hydrogen) atoms. The highest BCUT2D eigenvalue weighted by atomic mass is 16.6. The first-order valence-corrected chi connectivity index (χ1v) is 6.00. The van der Waals surface area contributed by atoms with Crippen molar-refractivity contribution in [3.63, 3.8) is 0 Å². The topological polar surface area (TPSA) is 81.5 Å². The molecule has 1 aliphatic rings. The molecule has 0 saturated heterocycles. The SMILES string of the molecule is CC1C=CC(NC(=O)OC(C)(C)C)C([N+](=O)[O-])C1. The molecular formula is C12H20N2O4. The van der Waals surface area contributed by atoms with E-state index in [1.165, 1.54) is 0 Å². The van der Waals surface area contributed by atoms with Gasteiger partial charge >= 0.3 is 6.09 Å². The second-order valence-electron chi connectivity index (χ2n) is 5.62. The van der Waals surface area contributed by atoms with E-state index in [2.05, 4.69) is 5.32 Å². The molecule has 3 unspecified atom stereocenters. The molecule has 1 N–H and O–H groups in total. The van der Waals surface area contributed by atoms with E-state index in [-0.39, 0.29) is 10.8 Å². The van der Waals surface area contributed by atoms with Gasteiger partial charge in [0.15, 0.2) is 0 Å². The fourth-order valence-electron chi connectivity index (χ4n) is 1.85. The highest BCUT2D eigenvalue weighted by Gasteiger charge is 2.35. The van der Waals surface area contributed by atoms with Crippen LogP contribution >= 0.6 is 0 Å². The van der Waals surface area contributed by atoms with E-state index in [0.29, 0.717) is 6.42 Å². The number of rotatable bonds is 2. The lowest BCUT2D eigenvalue weighted by molar-refractivity contribution is -0.527. The van der Waals surface area contributed by atoms with Crippen molar-refractivity contribution in [3.05, 3.63) is 22.3 Å². The van der Waals surface area contributed by atoms with Crippen LogP contribution in [0, 0.1) is 16.0 Å². The van der Waals surface area contributed by atoms with Gasteiger partial charge in [-0.1, -0.05) is 19.1 Å². The van der Waals surface area contributed by atoms with Crippen LogP contribution in [0.5, 0.6) is 0 Å². The van der Waals surface area contributed by atoms with Crippen LogP contribution in [0.4, 0.5) is 4.79 Å². The number of nitro groups is 1. The third-order valence-electron chi connectivity index (χ3n) is 2.63. The molecule has 1 amide bonds. The fraction of sp³-hybridized carbons (Fsp3) is 0.750. The zero-order valence-electron chi connectivity index (χ0n) is 11.2. The second-order valence-corrected chi connectivity index (χ2v) is 5.62. The van der Waals surface area contributed by atoms with Crippen molar-refractivity contribution < 1.29 is 14.5 Å². The average molecular weight is 256 g/mol. The number of carbonyl (C=O) groups excluding carboxylic acids is 1. The predicted octanol–water partition coefficient (Wildman–Crippen LogP) is 2.12. The Morgan fingerprint density at radius 3 is 2.56 bits per heavy atom. The standard InChI is InChI=1S/C12H20N2O4/c1-8-5-6-9(10(7-8)14(16)17)13-11(15)18-12(2,3)4/h5-6,8-10H,7H2,1-4H3,(H,13,15). The average Bonchev–Trinajstić information content (AvgIpc) is 2.17. The largest absolute Gasteiger partial charge is 0.444 e. The molecular weight excluding hydrogens is 236 g/mol. The number of ether oxygens (including phenoxy) is 1. The minimum atomic E-state index is -0.794. The summed E-state index contributed by atoms with van der Waals surface area (Å²) in [4.78, 5) is 22.2. The van der Waals surface area contributed by atoms with Gasteiger partial charge in [-0.05, 0) is 26.7 Å². The number of allylic oxidation sites excluding steroid dienone is 1. The predicted molar refractivity (Wildman–Crippen MR) is 66.9 cm³/mol. The first-order chi connectivity index (χ1) is 8.19. The molecule has 0 aliphatic heterocycles. The molecule has 0 aromatic carbocycles. The molecule has 6 heteroatoms. The highest BCUT2D eigenvalue weighted by molar-refractivity contribution is 5.68. The van der Waals surface area contributed by atoms with E-state index in [0.717, 1.165) is 0 Å². The summed E-state index contributed by atoms with van der Waals surface area (Å²) < 4.78 is 5.09. The normalized spacial score (nSPS) is 27.7. The van der Waals surface area contributed by atoms with Gasteiger partial charge in [0.25, 0.3) is 0 Å². The molecule has 102 valence electrons. The molecule has 0 saturated carbocycles. The Labute approximate surface area is 107 Å². The van der Waals surface area contributed by atoms with Crippen LogP contribution in [-0.2, 0) is 4.74 Å². The van der Waals surface area contributed by atoms with Crippen LogP contribution in [0.15, 0.2) is 12.2 Å². The van der Waals surface area contributed by atoms with Gasteiger partial charge in [-0.15, -0.1) is 0 Å². The lowest BCUT2D eigenvalue weighted by Crippen LogP contribution is -2.49. The zero-order valence-corrected chi connectivity index (χ0v) is 11.2. The van der Waals surface area contributed by atoms with Crippen LogP contribution < -0.4 is 5.32 Å². The number of carbonyl (C=O) groups is 1. The second kappa shape index (κ2) is 5.37. The Bertz CT molecular complexity index is 360. The molecule has 0 spiro atoms. The van der Waals surface area contributed by atoms with Gasteiger partial charge in [-0.25, -0.2) is 4.79 Å². The molecule has 0 heterocycles. The van der Waals surface area contributed by atoms with Crippen LogP contribution in [0.1, 0.15) is 34.1 Å². The van der Waals surface area contributed by atoms with Crippen molar-refractivity contribution in [2.75, 3.05) is 0 Å². The van der Waals surface area contributed by atoms with Crippen molar-refractivity contribution in [1.29, 1.82) is 0 Å². The molecule has 0 aromatic rings. The van der Waals surface area contributed by atoms with E-state index < -0.39 is 23.8 Å². The Morgan fingerprint density at radius 1 is 1.44 bits per heavy atom. The van der Waals surface area contributed by atoms with Gasteiger partial charge in [0.2, 0.25) is 6.04 Å². The third-order valence-corrected chi connectivity index (χ3v) is 2.63. The van der Waals surface area contributed by atoms with Crippen molar-refractivity contribution in [1.82, 2.24) is 5.32 Å². The maximum Gasteiger partial charge on any atom is 0.408 e. The summed E-state index contributed by atoms with van der Waals surface area (Å²) in [6.45, 7) is 7.15. The van der Waals surface area contributed by atoms with Crippen LogP contribution in [0.3, 0.4) is 0 Å². The molecule has 6 nitrogen and oxygen atoms in total. The molecule has 1 rings (SSSR count). The minimum Gasteiger partial charge on any atom is -0.444 e. The van der Waals surface area contributed by atoms with E-state index in [4.69, 9.17) is 4.74 Å². The van der Waals surface area contributed by atoms with Crippen molar-refractivity contribution in [3.8, 4) is 0 Å². The summed E-state index contributed by atoms with van der Waals surface area (Å²) in [6, 6.07) is -1.40. The van der Waals surface area contributed by atoms with E-state index in [9.17, 15) is 14.9 Å². The van der Waals surface area contributed by atoms with Crippen molar-refractivity contribution in [2.45, 2.75) is 51.8 Å². The first-order valence-electron chi connectivity index (χ1n) is 6.00. The molecule has 0 bridgehead atoms. The van der Waals surface area contributed by atoms with Crippen LogP contribution in [0.2, 0.25) is 0 Å². The summed E-state index contributed by atoms with van der Waals surface area (Å²) in [5, 5.41) is 13.5. The maximum atomic E-state index is 11.6. The van der Waals surface area contributed by atoms with Gasteiger partial charge in [0.1, 0.15) is 11.6 Å². The number of hydrogen-bond donors (Lipinski definition) is 1. The van der Waals surface area contributed by atoms with Crippen molar-refractivity contribution >= 4 is 6.09 Å². The highest BCUT2D eigenvalue weighted by Crippen LogP contribution is 2.20. The van der Waals surface area contributed by atoms with Crippen LogP contribution in [0.25, 0.3) is 0 Å². The Morgan fingerprint density at radius 2 is 2.06 bits per heavy atom. The zero-order chi connectivity index (χ0) is 13.9. The Balaban J connectivity index is 2.66. The monoisotopic (exact) mass is 256 g/mol. The first kappa shape index (κ1) is 14.5. The van der Waals surface area contributed by atoms with Crippen molar-refractivity contribution in [2.24, 2.45) is 5.92 Å². The third kappa shape index (κ3) is 4.35. The van der Waals surface area contributed by atoms with Crippen LogP contribution in [-0.4, -0.2) is 28.7 Å². The number of alkyl carbamates (subject to hydrolysis) is 1. The molecule has 3 atom stereocenters. The Kier molecular flexibility index (Phi) is 4.32. The summed E-state index contributed by atoms with van der Waals surface area (Å²) in [5.74, 6) is 0.150. The number of nitrogens with zero attached hydrogens (tertiary/aromatic N) is 1. The van der Waals surface area contributed by atoms with Gasteiger partial charge in [-0.2, -0.15) is 0 Å². The maximum absolute atomic E-state index is 11.6. The summed E-state index contributed by atoms with van der Waals surface area (Å²) in [7, 11) is 0. The molecule has 0 radical (unpaired) electrons. The van der Waals surface area contributed by atoms with E-state index in [1.54, 1.807) is 26.8 Å². The minimum absolute atomic E-state index is 0.150. The smallest absolute Gasteiger partial charge is 0.408 e. The van der Waals surface area contributed by atoms with Gasteiger partial charge in [0.05, 0.1) is 0 Å². The number of hydrogen-bond acceptors (Lipinski definition) is 4. The Hall–Kier alpha value is -1.59. The summed E-state index contributed by atoms with van der Waals surface area (Å²) in [6.07, 6.45) is 3.34. The number of amides is 1. The molecule has 1 aliphatic carbocycles. The van der Waals surface area contributed by atoms with Gasteiger partial charge in [-0.3, -0.25) is 10.1 Å². The van der Waals surface area contributed by atoms with E-state index >= 15 is 0 Å². The summed E-state index contributed by atoms with van der Waals surface area (Å²) >= 11 is 0.